The lowest BCUT2D eigenvalue weighted by Gasteiger charge is -2.13. The van der Waals surface area contributed by atoms with E-state index >= 15 is 0 Å². The maximum Gasteiger partial charge on any atom is 0.290 e. The molecule has 0 saturated carbocycles. The minimum absolute atomic E-state index is 0.158. The fourth-order valence-electron chi connectivity index (χ4n) is 3.39. The zero-order valence-corrected chi connectivity index (χ0v) is 17.4. The molecular weight excluding hydrogens is 390 g/mol. The van der Waals surface area contributed by atoms with Crippen LogP contribution in [0.2, 0.25) is 0 Å². The maximum atomic E-state index is 12.9. The molecule has 0 aliphatic rings. The molecule has 0 aliphatic carbocycles. The van der Waals surface area contributed by atoms with Crippen molar-refractivity contribution in [3.05, 3.63) is 89.9 Å². The summed E-state index contributed by atoms with van der Waals surface area (Å²) in [6.45, 7) is 3.82. The minimum Gasteiger partial charge on any atom is -0.483 e. The topological polar surface area (TPSA) is 92.2 Å². The van der Waals surface area contributed by atoms with Gasteiger partial charge in [0.05, 0.1) is 11.1 Å². The number of benzene rings is 2. The molecule has 2 aromatic heterocycles. The number of aryl methyl sites for hydroxylation is 1. The van der Waals surface area contributed by atoms with Gasteiger partial charge in [-0.05, 0) is 54.3 Å². The molecule has 6 nitrogen and oxygen atoms in total. The molecular formula is C25H23N3O3. The second-order valence-corrected chi connectivity index (χ2v) is 6.85. The fraction of sp³-hybridized carbons (Fsp3) is 0.120. The van der Waals surface area contributed by atoms with Gasteiger partial charge in [0, 0.05) is 35.2 Å². The molecule has 1 amide bonds. The van der Waals surface area contributed by atoms with Crippen LogP contribution >= 0.6 is 0 Å². The number of carbonyl (C=O) groups is 2. The largest absolute Gasteiger partial charge is 0.483 e. The molecule has 31 heavy (non-hydrogen) atoms. The molecule has 0 aliphatic heterocycles. The first-order valence-corrected chi connectivity index (χ1v) is 9.85. The van der Waals surface area contributed by atoms with E-state index < -0.39 is 0 Å². The van der Waals surface area contributed by atoms with Crippen molar-refractivity contribution in [1.29, 1.82) is 0 Å². The summed E-state index contributed by atoms with van der Waals surface area (Å²) in [7, 11) is 0. The zero-order chi connectivity index (χ0) is 22.2. The van der Waals surface area contributed by atoms with Gasteiger partial charge in [0.2, 0.25) is 0 Å². The van der Waals surface area contributed by atoms with Gasteiger partial charge in [0.15, 0.2) is 0 Å². The van der Waals surface area contributed by atoms with Crippen molar-refractivity contribution in [3.8, 4) is 11.1 Å². The summed E-state index contributed by atoms with van der Waals surface area (Å²) in [5.41, 5.74) is 6.37. The molecule has 0 atom stereocenters. The summed E-state index contributed by atoms with van der Waals surface area (Å²) >= 11 is 0. The van der Waals surface area contributed by atoms with Crippen molar-refractivity contribution >= 4 is 29.0 Å². The van der Waals surface area contributed by atoms with Crippen molar-refractivity contribution in [2.24, 2.45) is 0 Å². The number of anilines is 1. The van der Waals surface area contributed by atoms with E-state index in [-0.39, 0.29) is 12.4 Å². The number of hydrogen-bond donors (Lipinski definition) is 2. The first kappa shape index (κ1) is 21.6. The van der Waals surface area contributed by atoms with Crippen molar-refractivity contribution in [3.63, 3.8) is 0 Å². The fourth-order valence-corrected chi connectivity index (χ4v) is 3.39. The van der Waals surface area contributed by atoms with E-state index in [1.807, 2.05) is 67.7 Å². The molecule has 0 saturated heterocycles. The Morgan fingerprint density at radius 3 is 2.48 bits per heavy atom. The van der Waals surface area contributed by atoms with Crippen molar-refractivity contribution < 1.29 is 14.7 Å². The third-order valence-electron chi connectivity index (χ3n) is 5.02. The van der Waals surface area contributed by atoms with E-state index in [0.717, 1.165) is 39.7 Å². The highest BCUT2D eigenvalue weighted by atomic mass is 16.3. The lowest BCUT2D eigenvalue weighted by molar-refractivity contribution is -0.122. The minimum atomic E-state index is -0.250. The van der Waals surface area contributed by atoms with Gasteiger partial charge in [-0.3, -0.25) is 19.6 Å². The van der Waals surface area contributed by atoms with Crippen molar-refractivity contribution in [1.82, 2.24) is 9.97 Å². The van der Waals surface area contributed by atoms with Gasteiger partial charge in [-0.15, -0.1) is 0 Å². The molecule has 6 heteroatoms. The number of carbonyl (C=O) groups excluding carboxylic acids is 1. The number of fused-ring (bicyclic) bond motifs is 1. The summed E-state index contributed by atoms with van der Waals surface area (Å²) in [6.07, 6.45) is 6.19. The quantitative estimate of drug-likeness (QED) is 0.453. The van der Waals surface area contributed by atoms with E-state index in [2.05, 4.69) is 22.2 Å². The van der Waals surface area contributed by atoms with Crippen LogP contribution in [0.5, 0.6) is 0 Å². The number of carboxylic acid groups (broad SMARTS) is 1. The summed E-state index contributed by atoms with van der Waals surface area (Å²) in [5, 5.41) is 10.9. The molecule has 0 bridgehead atoms. The van der Waals surface area contributed by atoms with Gasteiger partial charge in [-0.25, -0.2) is 0 Å². The van der Waals surface area contributed by atoms with Gasteiger partial charge >= 0.3 is 0 Å². The lowest BCUT2D eigenvalue weighted by atomic mass is 9.96. The molecule has 0 radical (unpaired) electrons. The Labute approximate surface area is 180 Å². The summed E-state index contributed by atoms with van der Waals surface area (Å²) in [6, 6.07) is 17.9. The van der Waals surface area contributed by atoms with Crippen LogP contribution < -0.4 is 5.32 Å². The summed E-state index contributed by atoms with van der Waals surface area (Å²) in [5.74, 6) is -0.158. The van der Waals surface area contributed by atoms with E-state index in [0.29, 0.717) is 5.56 Å². The van der Waals surface area contributed by atoms with Crippen LogP contribution in [0.4, 0.5) is 5.69 Å². The van der Waals surface area contributed by atoms with Gasteiger partial charge in [-0.1, -0.05) is 37.3 Å². The highest BCUT2D eigenvalue weighted by Gasteiger charge is 2.15. The van der Waals surface area contributed by atoms with Crippen LogP contribution in [-0.4, -0.2) is 27.5 Å². The molecule has 2 heterocycles. The monoisotopic (exact) mass is 413 g/mol. The van der Waals surface area contributed by atoms with Crippen molar-refractivity contribution in [2.45, 2.75) is 20.3 Å². The van der Waals surface area contributed by atoms with E-state index in [1.54, 1.807) is 12.4 Å². The third kappa shape index (κ3) is 4.93. The van der Waals surface area contributed by atoms with Crippen LogP contribution in [0.25, 0.3) is 22.0 Å². The maximum absolute atomic E-state index is 12.9. The number of pyridine rings is 2. The second kappa shape index (κ2) is 10.1. The van der Waals surface area contributed by atoms with E-state index in [1.165, 1.54) is 5.56 Å². The lowest BCUT2D eigenvalue weighted by Crippen LogP contribution is -2.14. The molecule has 4 rings (SSSR count). The molecule has 0 spiro atoms. The Morgan fingerprint density at radius 1 is 1.03 bits per heavy atom. The number of aromatic nitrogens is 2. The predicted molar refractivity (Wildman–Crippen MR) is 122 cm³/mol. The Morgan fingerprint density at radius 2 is 1.77 bits per heavy atom. The first-order valence-electron chi connectivity index (χ1n) is 9.85. The average Bonchev–Trinajstić information content (AvgIpc) is 2.80. The van der Waals surface area contributed by atoms with Gasteiger partial charge in [0.1, 0.15) is 0 Å². The highest BCUT2D eigenvalue weighted by molar-refractivity contribution is 6.07. The Kier molecular flexibility index (Phi) is 7.06. The Balaban J connectivity index is 0.000000858. The normalized spacial score (nSPS) is 10.1. The summed E-state index contributed by atoms with van der Waals surface area (Å²) < 4.78 is 0. The van der Waals surface area contributed by atoms with Crippen LogP contribution in [-0.2, 0) is 11.2 Å². The smallest absolute Gasteiger partial charge is 0.290 e. The van der Waals surface area contributed by atoms with Crippen LogP contribution in [0.3, 0.4) is 0 Å². The number of amides is 1. The van der Waals surface area contributed by atoms with Crippen LogP contribution in [0.1, 0.15) is 28.4 Å². The number of nitrogens with zero attached hydrogens (tertiary/aromatic N) is 2. The van der Waals surface area contributed by atoms with Gasteiger partial charge < -0.3 is 10.4 Å². The van der Waals surface area contributed by atoms with E-state index in [9.17, 15) is 4.79 Å². The zero-order valence-electron chi connectivity index (χ0n) is 17.4. The second-order valence-electron chi connectivity index (χ2n) is 6.85. The van der Waals surface area contributed by atoms with Crippen LogP contribution in [0.15, 0.2) is 73.2 Å². The number of rotatable bonds is 4. The average molecular weight is 413 g/mol. The molecule has 156 valence electrons. The SMILES string of the molecule is CCc1ccc(NC(=O)c2cncc(-c3cccc4ncccc34)c2C)cc1.O=CO. The van der Waals surface area contributed by atoms with Gasteiger partial charge in [0.25, 0.3) is 12.4 Å². The molecule has 2 N–H and O–H groups in total. The van der Waals surface area contributed by atoms with E-state index in [4.69, 9.17) is 9.90 Å². The third-order valence-corrected chi connectivity index (χ3v) is 5.02. The molecule has 2 aromatic carbocycles. The molecule has 0 fully saturated rings. The predicted octanol–water partition coefficient (Wildman–Crippen LogP) is 5.12. The number of nitrogens with one attached hydrogen (secondary N) is 1. The molecule has 4 aromatic rings. The Hall–Kier alpha value is -4.06. The van der Waals surface area contributed by atoms with Crippen LogP contribution in [0, 0.1) is 6.92 Å². The summed E-state index contributed by atoms with van der Waals surface area (Å²) in [4.78, 5) is 30.0. The first-order chi connectivity index (χ1) is 15.1. The van der Waals surface area contributed by atoms with Gasteiger partial charge in [-0.2, -0.15) is 0 Å². The molecule has 0 unspecified atom stereocenters. The Bertz CT molecular complexity index is 1200. The highest BCUT2D eigenvalue weighted by Crippen LogP contribution is 2.31. The number of hydrogen-bond acceptors (Lipinski definition) is 4. The standard InChI is InChI=1S/C24H21N3O.CH2O2/c1-3-17-9-11-18(12-10-17)27-24(28)22-15-25-14-21(16(22)2)19-6-4-8-23-20(19)7-5-13-26-23;2-1-3/h4-15H,3H2,1-2H3,(H,27,28);1H,(H,2,3). The van der Waals surface area contributed by atoms with Crippen molar-refractivity contribution in [2.75, 3.05) is 5.32 Å².